The molecule has 1 aromatic rings. The number of ether oxygens (including phenoxy) is 3. The zero-order chi connectivity index (χ0) is 16.4. The first kappa shape index (κ1) is 18.8. The van der Waals surface area contributed by atoms with Gasteiger partial charge in [-0.05, 0) is 42.5 Å². The Morgan fingerprint density at radius 2 is 1.88 bits per heavy atom. The lowest BCUT2D eigenvalue weighted by molar-refractivity contribution is -0.139. The number of carbonyl (C=O) groups is 1. The van der Waals surface area contributed by atoms with Crippen molar-refractivity contribution in [2.75, 3.05) is 40.5 Å². The minimum Gasteiger partial charge on any atom is -0.493 e. The number of fused-ring (bicyclic) bond motifs is 2. The fraction of sp³-hybridized carbons (Fsp3) is 0.588. The van der Waals surface area contributed by atoms with Gasteiger partial charge >= 0.3 is 0 Å². The van der Waals surface area contributed by atoms with Crippen molar-refractivity contribution in [2.45, 2.75) is 24.9 Å². The molecule has 1 aromatic carbocycles. The average molecular weight is 357 g/mol. The van der Waals surface area contributed by atoms with Gasteiger partial charge < -0.3 is 24.8 Å². The quantitative estimate of drug-likeness (QED) is 0.887. The van der Waals surface area contributed by atoms with Gasteiger partial charge in [0.1, 0.15) is 0 Å². The van der Waals surface area contributed by atoms with Crippen molar-refractivity contribution in [3.63, 3.8) is 0 Å². The molecule has 0 radical (unpaired) electrons. The fourth-order valence-electron chi connectivity index (χ4n) is 3.65. The third-order valence-electron chi connectivity index (χ3n) is 4.95. The summed E-state index contributed by atoms with van der Waals surface area (Å²) >= 11 is 0. The third-order valence-corrected chi connectivity index (χ3v) is 4.95. The van der Waals surface area contributed by atoms with E-state index in [0.717, 1.165) is 30.8 Å². The van der Waals surface area contributed by atoms with E-state index in [1.165, 1.54) is 11.1 Å². The molecule has 7 heteroatoms. The topological polar surface area (TPSA) is 74.0 Å². The molecule has 3 rings (SSSR count). The number of piperidine rings is 1. The summed E-state index contributed by atoms with van der Waals surface area (Å²) in [6, 6.07) is 4.09. The molecule has 0 bridgehead atoms. The lowest BCUT2D eigenvalue weighted by atomic mass is 9.79. The van der Waals surface area contributed by atoms with Crippen LogP contribution in [0.5, 0.6) is 11.5 Å². The summed E-state index contributed by atoms with van der Waals surface area (Å²) in [6.45, 7) is 2.09. The Morgan fingerprint density at radius 1 is 1.25 bits per heavy atom. The van der Waals surface area contributed by atoms with Crippen molar-refractivity contribution >= 4 is 18.3 Å². The van der Waals surface area contributed by atoms with Crippen LogP contribution in [0.1, 0.15) is 24.0 Å². The van der Waals surface area contributed by atoms with Crippen LogP contribution in [0.3, 0.4) is 0 Å². The first-order chi connectivity index (χ1) is 11.1. The van der Waals surface area contributed by atoms with Crippen LogP contribution in [0.4, 0.5) is 0 Å². The molecule has 1 saturated heterocycles. The molecule has 1 amide bonds. The van der Waals surface area contributed by atoms with Gasteiger partial charge in [-0.1, -0.05) is 0 Å². The number of nitrogens with two attached hydrogens (primary N) is 1. The van der Waals surface area contributed by atoms with Crippen LogP contribution in [-0.2, 0) is 21.6 Å². The van der Waals surface area contributed by atoms with Gasteiger partial charge in [-0.15, -0.1) is 12.4 Å². The summed E-state index contributed by atoms with van der Waals surface area (Å²) in [5.41, 5.74) is 7.54. The summed E-state index contributed by atoms with van der Waals surface area (Å²) in [5, 5.41) is 0. The molecule has 0 atom stereocenters. The molecular weight excluding hydrogens is 332 g/mol. The molecule has 0 saturated carbocycles. The zero-order valence-electron chi connectivity index (χ0n) is 14.2. The maximum Gasteiger partial charge on any atom is 0.236 e. The maximum atomic E-state index is 11.8. The van der Waals surface area contributed by atoms with Gasteiger partial charge in [0, 0.05) is 13.1 Å². The predicted octanol–water partition coefficient (Wildman–Crippen LogP) is 1.47. The van der Waals surface area contributed by atoms with Crippen LogP contribution in [0.2, 0.25) is 0 Å². The van der Waals surface area contributed by atoms with Gasteiger partial charge in [0.25, 0.3) is 0 Å². The van der Waals surface area contributed by atoms with Crippen molar-refractivity contribution in [2.24, 2.45) is 5.73 Å². The van der Waals surface area contributed by atoms with Crippen molar-refractivity contribution in [3.05, 3.63) is 23.3 Å². The largest absolute Gasteiger partial charge is 0.493 e. The SMILES string of the molecule is COc1cc2c(cc1OC)C1(CCN(C(=O)CN)CC1)OCC2.Cl. The standard InChI is InChI=1S/C17H24N2O4.ClH/c1-21-14-9-12-3-8-23-17(13(12)10-15(14)22-2)4-6-19(7-5-17)16(20)11-18;/h9-10H,3-8,11,18H2,1-2H3;1H. The van der Waals surface area contributed by atoms with E-state index in [9.17, 15) is 4.79 Å². The number of benzene rings is 1. The van der Waals surface area contributed by atoms with E-state index >= 15 is 0 Å². The summed E-state index contributed by atoms with van der Waals surface area (Å²) in [5.74, 6) is 1.47. The van der Waals surface area contributed by atoms with E-state index in [0.29, 0.717) is 19.7 Å². The second-order valence-electron chi connectivity index (χ2n) is 6.04. The average Bonchev–Trinajstić information content (AvgIpc) is 2.61. The molecule has 0 unspecified atom stereocenters. The summed E-state index contributed by atoms with van der Waals surface area (Å²) in [4.78, 5) is 13.6. The number of rotatable bonds is 3. The number of amides is 1. The molecule has 24 heavy (non-hydrogen) atoms. The minimum atomic E-state index is -0.335. The Morgan fingerprint density at radius 3 is 2.46 bits per heavy atom. The normalized spacial score (nSPS) is 18.5. The second kappa shape index (κ2) is 7.59. The van der Waals surface area contributed by atoms with Crippen molar-refractivity contribution in [3.8, 4) is 11.5 Å². The molecule has 2 N–H and O–H groups in total. The maximum absolute atomic E-state index is 11.8. The van der Waals surface area contributed by atoms with Gasteiger partial charge in [0.2, 0.25) is 5.91 Å². The molecular formula is C17H25ClN2O4. The fourth-order valence-corrected chi connectivity index (χ4v) is 3.65. The summed E-state index contributed by atoms with van der Waals surface area (Å²) < 4.78 is 17.1. The minimum absolute atomic E-state index is 0. The molecule has 0 aromatic heterocycles. The van der Waals surface area contributed by atoms with Gasteiger partial charge in [0.05, 0.1) is 33.0 Å². The van der Waals surface area contributed by atoms with Crippen LogP contribution >= 0.6 is 12.4 Å². The van der Waals surface area contributed by atoms with E-state index in [4.69, 9.17) is 19.9 Å². The number of hydrogen-bond acceptors (Lipinski definition) is 5. The van der Waals surface area contributed by atoms with Crippen molar-refractivity contribution in [1.82, 2.24) is 4.90 Å². The van der Waals surface area contributed by atoms with Crippen LogP contribution in [0.25, 0.3) is 0 Å². The lowest BCUT2D eigenvalue weighted by Crippen LogP contribution is -2.49. The van der Waals surface area contributed by atoms with Crippen LogP contribution in [0.15, 0.2) is 12.1 Å². The number of likely N-dealkylation sites (tertiary alicyclic amines) is 1. The van der Waals surface area contributed by atoms with Crippen molar-refractivity contribution < 1.29 is 19.0 Å². The Bertz CT molecular complexity index is 600. The number of carbonyl (C=O) groups excluding carboxylic acids is 1. The second-order valence-corrected chi connectivity index (χ2v) is 6.04. The molecule has 2 heterocycles. The highest BCUT2D eigenvalue weighted by Crippen LogP contribution is 2.45. The Hall–Kier alpha value is -1.50. The summed E-state index contributed by atoms with van der Waals surface area (Å²) in [6.07, 6.45) is 2.42. The molecule has 6 nitrogen and oxygen atoms in total. The number of halogens is 1. The number of methoxy groups -OCH3 is 2. The molecule has 2 aliphatic heterocycles. The highest BCUT2D eigenvalue weighted by atomic mass is 35.5. The van der Waals surface area contributed by atoms with Gasteiger partial charge in [-0.2, -0.15) is 0 Å². The Labute approximate surface area is 148 Å². The highest BCUT2D eigenvalue weighted by Gasteiger charge is 2.42. The van der Waals surface area contributed by atoms with Crippen molar-refractivity contribution in [1.29, 1.82) is 0 Å². The van der Waals surface area contributed by atoms with Crippen LogP contribution in [-0.4, -0.2) is 51.3 Å². The Balaban J connectivity index is 0.00000208. The van der Waals surface area contributed by atoms with Gasteiger partial charge in [-0.3, -0.25) is 4.79 Å². The van der Waals surface area contributed by atoms with E-state index in [-0.39, 0.29) is 30.5 Å². The molecule has 134 valence electrons. The molecule has 1 spiro atoms. The first-order valence-corrected chi connectivity index (χ1v) is 8.00. The van der Waals surface area contributed by atoms with Gasteiger partial charge in [-0.25, -0.2) is 0 Å². The molecule has 0 aliphatic carbocycles. The lowest BCUT2D eigenvalue weighted by Gasteiger charge is -2.45. The summed E-state index contributed by atoms with van der Waals surface area (Å²) in [7, 11) is 3.29. The molecule has 1 fully saturated rings. The zero-order valence-corrected chi connectivity index (χ0v) is 15.0. The number of hydrogen-bond donors (Lipinski definition) is 1. The van der Waals surface area contributed by atoms with E-state index in [1.807, 2.05) is 11.0 Å². The highest BCUT2D eigenvalue weighted by molar-refractivity contribution is 5.85. The first-order valence-electron chi connectivity index (χ1n) is 8.00. The van der Waals surface area contributed by atoms with Gasteiger partial charge in [0.15, 0.2) is 11.5 Å². The molecule has 2 aliphatic rings. The van der Waals surface area contributed by atoms with Crippen LogP contribution in [0, 0.1) is 0 Å². The van der Waals surface area contributed by atoms with E-state index in [2.05, 4.69) is 6.07 Å². The smallest absolute Gasteiger partial charge is 0.236 e. The van der Waals surface area contributed by atoms with E-state index < -0.39 is 0 Å². The Kier molecular flexibility index (Phi) is 5.96. The van der Waals surface area contributed by atoms with E-state index in [1.54, 1.807) is 14.2 Å². The predicted molar refractivity (Wildman–Crippen MR) is 93.0 cm³/mol. The monoisotopic (exact) mass is 356 g/mol. The third kappa shape index (κ3) is 3.18. The van der Waals surface area contributed by atoms with Crippen LogP contribution < -0.4 is 15.2 Å². The number of nitrogens with zero attached hydrogens (tertiary/aromatic N) is 1.